The smallest absolute Gasteiger partial charge is 0.334 e. The Hall–Kier alpha value is -1.99. The number of nitrogens with one attached hydrogen (secondary N) is 1. The molecule has 0 aromatic heterocycles. The molecule has 0 heterocycles. The van der Waals surface area contributed by atoms with Crippen LogP contribution < -0.4 is 5.32 Å². The van der Waals surface area contributed by atoms with E-state index in [1.165, 1.54) is 18.7 Å². The van der Waals surface area contributed by atoms with Crippen molar-refractivity contribution in [3.8, 4) is 0 Å². The molecule has 0 aliphatic rings. The predicted molar refractivity (Wildman–Crippen MR) is 103 cm³/mol. The molecule has 142 valence electrons. The first-order chi connectivity index (χ1) is 12.3. The van der Waals surface area contributed by atoms with Crippen LogP contribution in [0.4, 0.5) is 0 Å². The number of halogens is 1. The second-order valence-corrected chi connectivity index (χ2v) is 6.86. The number of carbonyl (C=O) groups is 3. The molecule has 1 rings (SSSR count). The number of amides is 1. The summed E-state index contributed by atoms with van der Waals surface area (Å²) in [4.78, 5) is 34.3. The summed E-state index contributed by atoms with van der Waals surface area (Å²) in [6.45, 7) is 3.25. The lowest BCUT2D eigenvalue weighted by Gasteiger charge is -2.13. The van der Waals surface area contributed by atoms with Crippen LogP contribution in [0.3, 0.4) is 0 Å². The second kappa shape index (κ2) is 11.6. The Bertz CT molecular complexity index is 677. The lowest BCUT2D eigenvalue weighted by Crippen LogP contribution is -2.39. The highest BCUT2D eigenvalue weighted by atomic mass is 35.5. The molecule has 2 N–H and O–H groups in total. The Morgan fingerprint density at radius 1 is 1.35 bits per heavy atom. The number of hydrogen-bond donors (Lipinski definition) is 2. The van der Waals surface area contributed by atoms with Gasteiger partial charge in [-0.2, -0.15) is 11.8 Å². The molecule has 0 unspecified atom stereocenters. The summed E-state index contributed by atoms with van der Waals surface area (Å²) in [5.74, 6) is -1.12. The normalized spacial score (nSPS) is 12.3. The number of benzene rings is 1. The van der Waals surface area contributed by atoms with E-state index in [4.69, 9.17) is 21.4 Å². The highest BCUT2D eigenvalue weighted by Gasteiger charge is 2.18. The van der Waals surface area contributed by atoms with E-state index in [2.05, 4.69) is 5.32 Å². The Kier molecular flexibility index (Phi) is 9.83. The minimum absolute atomic E-state index is 0.252. The number of thioether (sulfide) groups is 1. The molecule has 0 spiro atoms. The molecule has 1 aromatic rings. The second-order valence-electron chi connectivity index (χ2n) is 5.34. The third-order valence-corrected chi connectivity index (χ3v) is 4.64. The first-order valence-electron chi connectivity index (χ1n) is 8.05. The largest absolute Gasteiger partial charge is 0.480 e. The van der Waals surface area contributed by atoms with E-state index in [1.807, 2.05) is 6.07 Å². The van der Waals surface area contributed by atoms with Crippen molar-refractivity contribution in [2.24, 2.45) is 0 Å². The van der Waals surface area contributed by atoms with Crippen molar-refractivity contribution in [3.05, 3.63) is 40.4 Å². The molecule has 0 radical (unpaired) electrons. The number of ether oxygens (including phenoxy) is 1. The van der Waals surface area contributed by atoms with E-state index in [1.54, 1.807) is 31.2 Å². The zero-order valence-corrected chi connectivity index (χ0v) is 16.2. The first kappa shape index (κ1) is 22.1. The van der Waals surface area contributed by atoms with E-state index in [0.717, 1.165) is 0 Å². The summed E-state index contributed by atoms with van der Waals surface area (Å²) in [5, 5.41) is 12.0. The summed E-state index contributed by atoms with van der Waals surface area (Å²) in [6, 6.07) is 6.20. The number of carboxylic acids is 1. The van der Waals surface area contributed by atoms with Gasteiger partial charge in [0.25, 0.3) is 0 Å². The molecule has 0 bridgehead atoms. The van der Waals surface area contributed by atoms with Crippen molar-refractivity contribution < 1.29 is 24.2 Å². The molecule has 1 atom stereocenters. The predicted octanol–water partition coefficient (Wildman–Crippen LogP) is 3.00. The average Bonchev–Trinajstić information content (AvgIpc) is 2.57. The third kappa shape index (κ3) is 7.93. The average molecular weight is 400 g/mol. The van der Waals surface area contributed by atoms with Crippen LogP contribution in [0.15, 0.2) is 29.8 Å². The molecule has 1 amide bonds. The SMILES string of the molecule is CCOC(=O)/C(=C/c1ccccc1Cl)CSCC[C@H](NC(C)=O)C(=O)O. The summed E-state index contributed by atoms with van der Waals surface area (Å²) in [6.07, 6.45) is 1.93. The van der Waals surface area contributed by atoms with E-state index in [9.17, 15) is 14.4 Å². The summed E-state index contributed by atoms with van der Waals surface area (Å²) in [5.41, 5.74) is 1.15. The van der Waals surface area contributed by atoms with Crippen LogP contribution in [0.2, 0.25) is 5.02 Å². The molecule has 0 fully saturated rings. The molecule has 0 saturated heterocycles. The van der Waals surface area contributed by atoms with Gasteiger partial charge in [0, 0.05) is 23.3 Å². The van der Waals surface area contributed by atoms with E-state index >= 15 is 0 Å². The number of carboxylic acid groups (broad SMARTS) is 1. The Morgan fingerprint density at radius 3 is 2.62 bits per heavy atom. The zero-order chi connectivity index (χ0) is 19.5. The van der Waals surface area contributed by atoms with Gasteiger partial charge in [0.1, 0.15) is 6.04 Å². The maximum atomic E-state index is 12.1. The van der Waals surface area contributed by atoms with Gasteiger partial charge in [0.05, 0.1) is 6.61 Å². The molecule has 0 aliphatic carbocycles. The van der Waals surface area contributed by atoms with Crippen LogP contribution in [-0.2, 0) is 19.1 Å². The van der Waals surface area contributed by atoms with Crippen LogP contribution in [-0.4, -0.2) is 47.1 Å². The lowest BCUT2D eigenvalue weighted by molar-refractivity contribution is -0.141. The van der Waals surface area contributed by atoms with Gasteiger partial charge < -0.3 is 15.2 Å². The van der Waals surface area contributed by atoms with Crippen LogP contribution in [0.5, 0.6) is 0 Å². The molecule has 8 heteroatoms. The van der Waals surface area contributed by atoms with E-state index in [-0.39, 0.29) is 13.0 Å². The molecule has 0 aliphatic heterocycles. The van der Waals surface area contributed by atoms with E-state index < -0.39 is 23.9 Å². The van der Waals surface area contributed by atoms with Crippen molar-refractivity contribution in [3.63, 3.8) is 0 Å². The van der Waals surface area contributed by atoms with Crippen molar-refractivity contribution in [2.75, 3.05) is 18.1 Å². The van der Waals surface area contributed by atoms with Gasteiger partial charge in [-0.1, -0.05) is 29.8 Å². The van der Waals surface area contributed by atoms with Gasteiger partial charge in [0.15, 0.2) is 0 Å². The Morgan fingerprint density at radius 2 is 2.04 bits per heavy atom. The van der Waals surface area contributed by atoms with Gasteiger partial charge in [0.2, 0.25) is 5.91 Å². The topological polar surface area (TPSA) is 92.7 Å². The Labute approximate surface area is 161 Å². The minimum atomic E-state index is -1.09. The van der Waals surface area contributed by atoms with Crippen LogP contribution in [0.1, 0.15) is 25.8 Å². The van der Waals surface area contributed by atoms with Gasteiger partial charge >= 0.3 is 11.9 Å². The first-order valence-corrected chi connectivity index (χ1v) is 9.58. The lowest BCUT2D eigenvalue weighted by atomic mass is 10.1. The fourth-order valence-electron chi connectivity index (χ4n) is 2.05. The van der Waals surface area contributed by atoms with Crippen molar-refractivity contribution in [1.82, 2.24) is 5.32 Å². The summed E-state index contributed by atoms with van der Waals surface area (Å²) < 4.78 is 5.07. The molecule has 0 saturated carbocycles. The number of aliphatic carboxylic acids is 1. The van der Waals surface area contributed by atoms with Gasteiger partial charge in [-0.15, -0.1) is 0 Å². The highest BCUT2D eigenvalue weighted by molar-refractivity contribution is 7.99. The summed E-state index contributed by atoms with van der Waals surface area (Å²) >= 11 is 7.51. The highest BCUT2D eigenvalue weighted by Crippen LogP contribution is 2.21. The number of rotatable bonds is 10. The maximum Gasteiger partial charge on any atom is 0.334 e. The van der Waals surface area contributed by atoms with Crippen molar-refractivity contribution in [1.29, 1.82) is 0 Å². The maximum absolute atomic E-state index is 12.1. The van der Waals surface area contributed by atoms with Crippen LogP contribution >= 0.6 is 23.4 Å². The quantitative estimate of drug-likeness (QED) is 0.357. The van der Waals surface area contributed by atoms with Crippen LogP contribution in [0.25, 0.3) is 6.08 Å². The molecule has 26 heavy (non-hydrogen) atoms. The molecule has 6 nitrogen and oxygen atoms in total. The summed E-state index contributed by atoms with van der Waals surface area (Å²) in [7, 11) is 0. The van der Waals surface area contributed by atoms with E-state index in [0.29, 0.717) is 27.7 Å². The van der Waals surface area contributed by atoms with Gasteiger partial charge in [-0.3, -0.25) is 4.79 Å². The fraction of sp³-hybridized carbons (Fsp3) is 0.389. The molecular weight excluding hydrogens is 378 g/mol. The monoisotopic (exact) mass is 399 g/mol. The standard InChI is InChI=1S/C18H22ClNO5S/c1-3-25-18(24)14(10-13-6-4-5-7-15(13)19)11-26-9-8-16(17(22)23)20-12(2)21/h4-7,10,16H,3,8-9,11H2,1-2H3,(H,20,21)(H,22,23)/b14-10+/t16-/m0/s1. The van der Waals surface area contributed by atoms with Crippen LogP contribution in [0, 0.1) is 0 Å². The number of carbonyl (C=O) groups excluding carboxylic acids is 2. The van der Waals surface area contributed by atoms with Gasteiger partial charge in [-0.05, 0) is 36.8 Å². The molecular formula is C18H22ClNO5S. The zero-order valence-electron chi connectivity index (χ0n) is 14.7. The number of hydrogen-bond acceptors (Lipinski definition) is 5. The number of esters is 1. The Balaban J connectivity index is 2.73. The van der Waals surface area contributed by atoms with Crippen molar-refractivity contribution in [2.45, 2.75) is 26.3 Å². The van der Waals surface area contributed by atoms with Gasteiger partial charge in [-0.25, -0.2) is 9.59 Å². The fourth-order valence-corrected chi connectivity index (χ4v) is 3.21. The minimum Gasteiger partial charge on any atom is -0.480 e. The van der Waals surface area contributed by atoms with Crippen molar-refractivity contribution >= 4 is 47.3 Å². The molecule has 1 aromatic carbocycles. The third-order valence-electron chi connectivity index (χ3n) is 3.26.